The Labute approximate surface area is 171 Å². The summed E-state index contributed by atoms with van der Waals surface area (Å²) in [6.45, 7) is 3.30. The van der Waals surface area contributed by atoms with Crippen molar-refractivity contribution in [2.24, 2.45) is 0 Å². The van der Waals surface area contributed by atoms with E-state index in [1.165, 1.54) is 29.5 Å². The molecule has 0 spiro atoms. The van der Waals surface area contributed by atoms with Gasteiger partial charge in [0.2, 0.25) is 0 Å². The number of benzene rings is 2. The molecular formula is C23H22N4O3. The lowest BCUT2D eigenvalue weighted by Gasteiger charge is -2.15. The van der Waals surface area contributed by atoms with E-state index in [1.807, 2.05) is 36.4 Å². The number of hydrogen-bond acceptors (Lipinski definition) is 4. The molecule has 1 aliphatic rings. The molecule has 0 aliphatic carbocycles. The molecule has 7 heteroatoms. The Morgan fingerprint density at radius 2 is 1.77 bits per heavy atom. The van der Waals surface area contributed by atoms with Gasteiger partial charge in [0.05, 0.1) is 10.9 Å². The van der Waals surface area contributed by atoms with Gasteiger partial charge < -0.3 is 15.2 Å². The summed E-state index contributed by atoms with van der Waals surface area (Å²) in [7, 11) is 0. The molecule has 0 bridgehead atoms. The number of fused-ring (bicyclic) bond motifs is 3. The van der Waals surface area contributed by atoms with Crippen molar-refractivity contribution >= 4 is 33.2 Å². The van der Waals surface area contributed by atoms with E-state index in [0.29, 0.717) is 17.4 Å². The molecule has 0 unspecified atom stereocenters. The van der Waals surface area contributed by atoms with Gasteiger partial charge in [-0.1, -0.05) is 24.3 Å². The maximum absolute atomic E-state index is 13.1. The van der Waals surface area contributed by atoms with E-state index in [-0.39, 0.29) is 16.8 Å². The topological polar surface area (TPSA) is 86.7 Å². The molecule has 7 nitrogen and oxygen atoms in total. The van der Waals surface area contributed by atoms with E-state index in [9.17, 15) is 14.4 Å². The van der Waals surface area contributed by atoms with Crippen LogP contribution in [0.2, 0.25) is 0 Å². The van der Waals surface area contributed by atoms with Gasteiger partial charge in [-0.15, -0.1) is 0 Å². The van der Waals surface area contributed by atoms with Crippen molar-refractivity contribution in [3.63, 3.8) is 0 Å². The predicted octanol–water partition coefficient (Wildman–Crippen LogP) is 2.12. The number of amides is 1. The minimum atomic E-state index is -0.465. The van der Waals surface area contributed by atoms with Gasteiger partial charge in [0.1, 0.15) is 11.2 Å². The predicted molar refractivity (Wildman–Crippen MR) is 117 cm³/mol. The third-order valence-corrected chi connectivity index (χ3v) is 5.83. The number of nitrogens with one attached hydrogen (secondary N) is 2. The summed E-state index contributed by atoms with van der Waals surface area (Å²) in [6, 6.07) is 12.7. The second kappa shape index (κ2) is 7.42. The standard InChI is InChI=1S/C23H22N4O3/c28-19-7-11-27-21(20(19)22(29)24-8-12-26-9-3-4-10-26)25-18-14-16-6-2-1-5-15(16)13-17(18)23(27)30/h1-2,5-7,11,13-14,25H,3-4,8-10,12H2,(H,24,29). The van der Waals surface area contributed by atoms with Crippen molar-refractivity contribution in [1.29, 1.82) is 0 Å². The number of H-pyrrole nitrogens is 1. The molecule has 0 atom stereocenters. The van der Waals surface area contributed by atoms with Crippen molar-refractivity contribution in [2.45, 2.75) is 12.8 Å². The fourth-order valence-corrected chi connectivity index (χ4v) is 4.25. The molecule has 0 radical (unpaired) electrons. The van der Waals surface area contributed by atoms with Gasteiger partial charge in [0.15, 0.2) is 5.43 Å². The van der Waals surface area contributed by atoms with Gasteiger partial charge in [-0.2, -0.15) is 0 Å². The average Bonchev–Trinajstić information content (AvgIpc) is 3.26. The Kier molecular flexibility index (Phi) is 4.59. The second-order valence-corrected chi connectivity index (χ2v) is 7.75. The number of carbonyl (C=O) groups excluding carboxylic acids is 1. The van der Waals surface area contributed by atoms with Gasteiger partial charge in [0, 0.05) is 25.4 Å². The van der Waals surface area contributed by atoms with Crippen molar-refractivity contribution in [1.82, 2.24) is 19.6 Å². The molecule has 5 rings (SSSR count). The third kappa shape index (κ3) is 3.17. The number of rotatable bonds is 4. The van der Waals surface area contributed by atoms with E-state index in [1.54, 1.807) is 0 Å². The van der Waals surface area contributed by atoms with Crippen molar-refractivity contribution < 1.29 is 4.79 Å². The van der Waals surface area contributed by atoms with Crippen LogP contribution in [0.1, 0.15) is 23.2 Å². The van der Waals surface area contributed by atoms with Gasteiger partial charge in [-0.3, -0.25) is 18.8 Å². The first kappa shape index (κ1) is 18.6. The number of nitrogens with zero attached hydrogens (tertiary/aromatic N) is 2. The molecule has 0 saturated carbocycles. The SMILES string of the molecule is O=C(NCCN1CCCC1)c1c(=O)ccn2c(=O)c3cc4ccccc4cc3[nH]c12. The minimum Gasteiger partial charge on any atom is -0.351 e. The average molecular weight is 402 g/mol. The van der Waals surface area contributed by atoms with Crippen LogP contribution in [-0.4, -0.2) is 46.4 Å². The van der Waals surface area contributed by atoms with E-state index >= 15 is 0 Å². The number of hydrogen-bond donors (Lipinski definition) is 2. The number of carbonyl (C=O) groups is 1. The van der Waals surface area contributed by atoms with Crippen molar-refractivity contribution in [2.75, 3.05) is 26.2 Å². The highest BCUT2D eigenvalue weighted by molar-refractivity contribution is 6.01. The second-order valence-electron chi connectivity index (χ2n) is 7.75. The lowest BCUT2D eigenvalue weighted by molar-refractivity contribution is 0.0950. The number of aromatic amines is 1. The summed E-state index contributed by atoms with van der Waals surface area (Å²) >= 11 is 0. The minimum absolute atomic E-state index is 0.0360. The molecular weight excluding hydrogens is 380 g/mol. The van der Waals surface area contributed by atoms with Crippen LogP contribution in [0.3, 0.4) is 0 Å². The van der Waals surface area contributed by atoms with Crippen molar-refractivity contribution in [3.05, 3.63) is 74.8 Å². The van der Waals surface area contributed by atoms with E-state index in [2.05, 4.69) is 15.2 Å². The van der Waals surface area contributed by atoms with Crippen molar-refractivity contribution in [3.8, 4) is 0 Å². The highest BCUT2D eigenvalue weighted by Crippen LogP contribution is 2.20. The third-order valence-electron chi connectivity index (χ3n) is 5.83. The molecule has 1 saturated heterocycles. The van der Waals surface area contributed by atoms with Crippen LogP contribution >= 0.6 is 0 Å². The summed E-state index contributed by atoms with van der Waals surface area (Å²) in [6.07, 6.45) is 3.79. The molecule has 2 aromatic heterocycles. The van der Waals surface area contributed by atoms with Crippen LogP contribution in [0.15, 0.2) is 58.3 Å². The Balaban J connectivity index is 1.59. The van der Waals surface area contributed by atoms with E-state index < -0.39 is 11.3 Å². The molecule has 3 heterocycles. The van der Waals surface area contributed by atoms with E-state index in [4.69, 9.17) is 0 Å². The first-order valence-electron chi connectivity index (χ1n) is 10.2. The lowest BCUT2D eigenvalue weighted by Crippen LogP contribution is -2.36. The molecule has 1 fully saturated rings. The summed E-state index contributed by atoms with van der Waals surface area (Å²) in [5.74, 6) is -0.465. The van der Waals surface area contributed by atoms with Crippen LogP contribution in [0.25, 0.3) is 27.3 Å². The molecule has 4 aromatic rings. The molecule has 2 N–H and O–H groups in total. The smallest absolute Gasteiger partial charge is 0.265 e. The zero-order chi connectivity index (χ0) is 20.7. The van der Waals surface area contributed by atoms with E-state index in [0.717, 1.165) is 30.4 Å². The Morgan fingerprint density at radius 1 is 1.03 bits per heavy atom. The normalized spacial score (nSPS) is 14.7. The highest BCUT2D eigenvalue weighted by Gasteiger charge is 2.18. The molecule has 30 heavy (non-hydrogen) atoms. The zero-order valence-corrected chi connectivity index (χ0v) is 16.5. The van der Waals surface area contributed by atoms with Crippen LogP contribution in [0, 0.1) is 0 Å². The zero-order valence-electron chi connectivity index (χ0n) is 16.5. The summed E-state index contributed by atoms with van der Waals surface area (Å²) in [5, 5.41) is 5.27. The number of likely N-dealkylation sites (tertiary alicyclic amines) is 1. The number of aromatic nitrogens is 2. The fourth-order valence-electron chi connectivity index (χ4n) is 4.25. The first-order chi connectivity index (χ1) is 14.6. The molecule has 1 aliphatic heterocycles. The molecule has 1 amide bonds. The Morgan fingerprint density at radius 3 is 2.53 bits per heavy atom. The van der Waals surface area contributed by atoms with Gasteiger partial charge >= 0.3 is 0 Å². The highest BCUT2D eigenvalue weighted by atomic mass is 16.2. The Bertz CT molecular complexity index is 1400. The van der Waals surface area contributed by atoms with Gasteiger partial charge in [-0.05, 0) is 48.8 Å². The summed E-state index contributed by atoms with van der Waals surface area (Å²) < 4.78 is 1.34. The summed E-state index contributed by atoms with van der Waals surface area (Å²) in [5.41, 5.74) is 0.0931. The van der Waals surface area contributed by atoms with Gasteiger partial charge in [0.25, 0.3) is 11.5 Å². The first-order valence-corrected chi connectivity index (χ1v) is 10.2. The molecule has 2 aromatic carbocycles. The Hall–Kier alpha value is -3.45. The summed E-state index contributed by atoms with van der Waals surface area (Å²) in [4.78, 5) is 43.9. The quantitative estimate of drug-likeness (QED) is 0.512. The largest absolute Gasteiger partial charge is 0.351 e. The van der Waals surface area contributed by atoms with Crippen LogP contribution in [-0.2, 0) is 0 Å². The lowest BCUT2D eigenvalue weighted by atomic mass is 10.1. The van der Waals surface area contributed by atoms with Gasteiger partial charge in [-0.25, -0.2) is 0 Å². The maximum atomic E-state index is 13.1. The maximum Gasteiger partial charge on any atom is 0.265 e. The fraction of sp³-hybridized carbons (Fsp3) is 0.261. The monoisotopic (exact) mass is 402 g/mol. The number of pyridine rings is 1. The van der Waals surface area contributed by atoms with Crippen LogP contribution < -0.4 is 16.3 Å². The van der Waals surface area contributed by atoms with Crippen LogP contribution in [0.5, 0.6) is 0 Å². The molecule has 152 valence electrons. The van der Waals surface area contributed by atoms with Crippen LogP contribution in [0.4, 0.5) is 0 Å².